The Labute approximate surface area is 136 Å². The Kier molecular flexibility index (Phi) is 5.70. The maximum absolute atomic E-state index is 5.45. The number of fused-ring (bicyclic) bond motifs is 1. The van der Waals surface area contributed by atoms with Gasteiger partial charge in [0.15, 0.2) is 10.4 Å². The molecule has 2 aromatic heterocycles. The van der Waals surface area contributed by atoms with E-state index in [1.54, 1.807) is 0 Å². The predicted octanol–water partition coefficient (Wildman–Crippen LogP) is 4.60. The minimum absolute atomic E-state index is 0.699. The molecule has 0 atom stereocenters. The highest BCUT2D eigenvalue weighted by atomic mass is 32.1. The van der Waals surface area contributed by atoms with E-state index >= 15 is 0 Å². The van der Waals surface area contributed by atoms with E-state index in [1.165, 1.54) is 38.5 Å². The van der Waals surface area contributed by atoms with Gasteiger partial charge in [-0.3, -0.25) is 0 Å². The first-order valence-corrected chi connectivity index (χ1v) is 8.52. The van der Waals surface area contributed by atoms with Crippen molar-refractivity contribution in [3.8, 4) is 0 Å². The molecule has 0 unspecified atom stereocenters. The number of nitrogens with zero attached hydrogens (tertiary/aromatic N) is 3. The fraction of sp³-hybridized carbons (Fsp3) is 0.667. The number of rotatable bonds is 7. The molecule has 116 valence electrons. The van der Waals surface area contributed by atoms with Gasteiger partial charge in [-0.2, -0.15) is 0 Å². The number of unbranched alkanes of at least 4 members (excludes halogenated alkanes) is 5. The smallest absolute Gasteiger partial charge is 0.182 e. The van der Waals surface area contributed by atoms with Gasteiger partial charge in [-0.15, -0.1) is 0 Å². The first-order chi connectivity index (χ1) is 10.1. The molecule has 21 heavy (non-hydrogen) atoms. The molecule has 1 N–H and O–H groups in total. The molecule has 0 saturated carbocycles. The van der Waals surface area contributed by atoms with Crippen LogP contribution in [0, 0.1) is 9.41 Å². The van der Waals surface area contributed by atoms with Gasteiger partial charge in [0.1, 0.15) is 16.0 Å². The summed E-state index contributed by atoms with van der Waals surface area (Å²) in [5, 5.41) is 0. The number of aryl methyl sites for hydroxylation is 2. The summed E-state index contributed by atoms with van der Waals surface area (Å²) < 4.78 is 5.20. The molecule has 4 nitrogen and oxygen atoms in total. The summed E-state index contributed by atoms with van der Waals surface area (Å²) in [6.45, 7) is 2.24. The van der Waals surface area contributed by atoms with Crippen molar-refractivity contribution in [1.82, 2.24) is 19.1 Å². The maximum atomic E-state index is 5.45. The zero-order valence-corrected chi connectivity index (χ0v) is 14.7. The zero-order valence-electron chi connectivity index (χ0n) is 13.1. The fourth-order valence-electron chi connectivity index (χ4n) is 2.57. The van der Waals surface area contributed by atoms with Gasteiger partial charge in [-0.25, -0.2) is 4.98 Å². The maximum Gasteiger partial charge on any atom is 0.182 e. The molecule has 0 fully saturated rings. The van der Waals surface area contributed by atoms with Crippen LogP contribution in [0.2, 0.25) is 0 Å². The lowest BCUT2D eigenvalue weighted by atomic mass is 10.1. The van der Waals surface area contributed by atoms with Gasteiger partial charge >= 0.3 is 0 Å². The molecular weight excluding hydrogens is 300 g/mol. The Balaban J connectivity index is 2.10. The molecular formula is C15H24N4S2. The molecule has 0 aliphatic heterocycles. The average molecular weight is 325 g/mol. The summed E-state index contributed by atoms with van der Waals surface area (Å²) in [7, 11) is 3.84. The number of imidazole rings is 1. The van der Waals surface area contributed by atoms with Gasteiger partial charge < -0.3 is 14.1 Å². The van der Waals surface area contributed by atoms with E-state index in [9.17, 15) is 0 Å². The Morgan fingerprint density at radius 1 is 1.00 bits per heavy atom. The highest BCUT2D eigenvalue weighted by Gasteiger charge is 2.09. The van der Waals surface area contributed by atoms with Crippen molar-refractivity contribution in [3.05, 3.63) is 15.2 Å². The third kappa shape index (κ3) is 3.61. The molecule has 2 rings (SSSR count). The molecule has 2 heterocycles. The van der Waals surface area contributed by atoms with E-state index in [0.29, 0.717) is 4.77 Å². The minimum atomic E-state index is 0.699. The van der Waals surface area contributed by atoms with Gasteiger partial charge in [0.05, 0.1) is 0 Å². The highest BCUT2D eigenvalue weighted by molar-refractivity contribution is 7.72. The summed E-state index contributed by atoms with van der Waals surface area (Å²) in [4.78, 5) is 8.04. The number of aromatic nitrogens is 4. The largest absolute Gasteiger partial charge is 0.338 e. The van der Waals surface area contributed by atoms with E-state index in [2.05, 4.69) is 16.9 Å². The van der Waals surface area contributed by atoms with E-state index in [-0.39, 0.29) is 0 Å². The van der Waals surface area contributed by atoms with Crippen LogP contribution >= 0.6 is 24.4 Å². The number of hydrogen-bond donors (Lipinski definition) is 1. The molecule has 0 amide bonds. The highest BCUT2D eigenvalue weighted by Crippen LogP contribution is 2.15. The Bertz CT molecular complexity index is 724. The normalized spacial score (nSPS) is 11.4. The van der Waals surface area contributed by atoms with Crippen LogP contribution < -0.4 is 0 Å². The lowest BCUT2D eigenvalue weighted by molar-refractivity contribution is 0.602. The molecule has 0 saturated heterocycles. The lowest BCUT2D eigenvalue weighted by Gasteiger charge is -2.05. The molecule has 0 bridgehead atoms. The van der Waals surface area contributed by atoms with Crippen molar-refractivity contribution < 1.29 is 0 Å². The van der Waals surface area contributed by atoms with E-state index in [0.717, 1.165) is 28.0 Å². The predicted molar refractivity (Wildman–Crippen MR) is 92.8 cm³/mol. The van der Waals surface area contributed by atoms with Gasteiger partial charge in [0.2, 0.25) is 0 Å². The summed E-state index contributed by atoms with van der Waals surface area (Å²) in [5.41, 5.74) is 1.79. The van der Waals surface area contributed by atoms with Crippen LogP contribution in [0.4, 0.5) is 0 Å². The summed E-state index contributed by atoms with van der Waals surface area (Å²) in [6, 6.07) is 0. The van der Waals surface area contributed by atoms with Crippen LogP contribution in [0.5, 0.6) is 0 Å². The molecule has 0 aromatic carbocycles. The average Bonchev–Trinajstić information content (AvgIpc) is 2.91. The van der Waals surface area contributed by atoms with Crippen LogP contribution in [-0.2, 0) is 20.5 Å². The Hall–Kier alpha value is -1.01. The van der Waals surface area contributed by atoms with E-state index in [4.69, 9.17) is 24.4 Å². The zero-order chi connectivity index (χ0) is 15.4. The number of hydrogen-bond acceptors (Lipinski definition) is 3. The standard InChI is InChI=1S/C15H24N4S2/c1-4-5-6-7-8-9-10-11-16-12-13(17-11)18(2)15(21)19(3)14(12)20/h4-10H2,1-3H3,(H,16,17). The second-order valence-corrected chi connectivity index (χ2v) is 6.36. The van der Waals surface area contributed by atoms with Crippen molar-refractivity contribution in [1.29, 1.82) is 0 Å². The van der Waals surface area contributed by atoms with Crippen molar-refractivity contribution in [2.24, 2.45) is 14.1 Å². The molecule has 6 heteroatoms. The quantitative estimate of drug-likeness (QED) is 0.597. The monoisotopic (exact) mass is 324 g/mol. The second kappa shape index (κ2) is 7.31. The van der Waals surface area contributed by atoms with Crippen LogP contribution in [0.25, 0.3) is 11.2 Å². The second-order valence-electron chi connectivity index (χ2n) is 5.61. The van der Waals surface area contributed by atoms with Crippen molar-refractivity contribution >= 4 is 35.6 Å². The third-order valence-corrected chi connectivity index (χ3v) is 4.94. The van der Waals surface area contributed by atoms with Crippen LogP contribution in [0.3, 0.4) is 0 Å². The summed E-state index contributed by atoms with van der Waals surface area (Å²) >= 11 is 10.8. The Morgan fingerprint density at radius 3 is 2.38 bits per heavy atom. The van der Waals surface area contributed by atoms with Crippen LogP contribution in [-0.4, -0.2) is 19.1 Å². The fourth-order valence-corrected chi connectivity index (χ4v) is 3.03. The number of aromatic amines is 1. The molecule has 2 aromatic rings. The van der Waals surface area contributed by atoms with Crippen molar-refractivity contribution in [3.63, 3.8) is 0 Å². The van der Waals surface area contributed by atoms with Crippen LogP contribution in [0.15, 0.2) is 0 Å². The first-order valence-electron chi connectivity index (χ1n) is 7.70. The first kappa shape index (κ1) is 16.4. The lowest BCUT2D eigenvalue weighted by Crippen LogP contribution is -2.05. The van der Waals surface area contributed by atoms with Crippen LogP contribution in [0.1, 0.15) is 51.3 Å². The molecule has 0 aliphatic rings. The number of nitrogens with one attached hydrogen (secondary N) is 1. The molecule has 0 spiro atoms. The summed E-state index contributed by atoms with van der Waals surface area (Å²) in [5.74, 6) is 1.02. The molecule has 0 radical (unpaired) electrons. The molecule has 0 aliphatic carbocycles. The Morgan fingerprint density at radius 2 is 1.67 bits per heavy atom. The number of H-pyrrole nitrogens is 1. The third-order valence-electron chi connectivity index (χ3n) is 3.91. The van der Waals surface area contributed by atoms with E-state index < -0.39 is 0 Å². The SMILES string of the molecule is CCCCCCCCc1nc2c([nH]1)c(=S)n(C)c(=S)n2C. The van der Waals surface area contributed by atoms with Crippen molar-refractivity contribution in [2.75, 3.05) is 0 Å². The van der Waals surface area contributed by atoms with E-state index in [1.807, 2.05) is 23.2 Å². The minimum Gasteiger partial charge on any atom is -0.338 e. The van der Waals surface area contributed by atoms with Gasteiger partial charge in [-0.1, -0.05) is 51.2 Å². The van der Waals surface area contributed by atoms with Crippen molar-refractivity contribution in [2.45, 2.75) is 51.9 Å². The van der Waals surface area contributed by atoms with Gasteiger partial charge in [0, 0.05) is 20.5 Å². The summed E-state index contributed by atoms with van der Waals surface area (Å²) in [6.07, 6.45) is 8.72. The van der Waals surface area contributed by atoms with Gasteiger partial charge in [-0.05, 0) is 18.6 Å². The topological polar surface area (TPSA) is 38.5 Å². The van der Waals surface area contributed by atoms with Gasteiger partial charge in [0.25, 0.3) is 0 Å².